The van der Waals surface area contributed by atoms with E-state index in [0.717, 1.165) is 11.7 Å². The molecule has 0 bridgehead atoms. The minimum absolute atomic E-state index is 0.502. The van der Waals surface area contributed by atoms with Crippen LogP contribution in [0.5, 0.6) is 0 Å². The second-order valence-corrected chi connectivity index (χ2v) is 4.79. The van der Waals surface area contributed by atoms with Gasteiger partial charge in [-0.1, -0.05) is 20.3 Å². The number of hydrazine groups is 1. The van der Waals surface area contributed by atoms with Gasteiger partial charge in [0.2, 0.25) is 0 Å². The molecule has 2 rings (SSSR count). The Morgan fingerprint density at radius 1 is 1.35 bits per heavy atom. The molecular formula is C12H21N5. The summed E-state index contributed by atoms with van der Waals surface area (Å²) in [4.78, 5) is 8.42. The number of rotatable bonds is 4. The van der Waals surface area contributed by atoms with Crippen LogP contribution in [0.25, 0.3) is 0 Å². The van der Waals surface area contributed by atoms with Crippen molar-refractivity contribution in [1.82, 2.24) is 9.97 Å². The number of hydrogen-bond donors (Lipinski definition) is 3. The minimum atomic E-state index is 0.502. The van der Waals surface area contributed by atoms with Gasteiger partial charge in [0, 0.05) is 6.04 Å². The highest BCUT2D eigenvalue weighted by Crippen LogP contribution is 2.35. The first-order valence-corrected chi connectivity index (χ1v) is 6.29. The van der Waals surface area contributed by atoms with E-state index < -0.39 is 0 Å². The molecule has 0 amide bonds. The Balaban J connectivity index is 2.01. The number of nitrogens with zero attached hydrogens (tertiary/aromatic N) is 2. The van der Waals surface area contributed by atoms with Crippen molar-refractivity contribution < 1.29 is 0 Å². The molecule has 3 unspecified atom stereocenters. The molecule has 5 nitrogen and oxygen atoms in total. The number of nitrogen functional groups attached to an aromatic ring is 1. The van der Waals surface area contributed by atoms with Crippen LogP contribution < -0.4 is 16.6 Å². The van der Waals surface area contributed by atoms with Gasteiger partial charge < -0.3 is 10.7 Å². The van der Waals surface area contributed by atoms with Crippen molar-refractivity contribution in [2.24, 2.45) is 17.7 Å². The van der Waals surface area contributed by atoms with E-state index in [2.05, 4.69) is 34.6 Å². The predicted molar refractivity (Wildman–Crippen MR) is 69.4 cm³/mol. The van der Waals surface area contributed by atoms with E-state index in [1.807, 2.05) is 0 Å². The van der Waals surface area contributed by atoms with Gasteiger partial charge >= 0.3 is 0 Å². The van der Waals surface area contributed by atoms with Crippen LogP contribution in [0.2, 0.25) is 0 Å². The van der Waals surface area contributed by atoms with Crippen molar-refractivity contribution in [3.05, 3.63) is 12.4 Å². The molecule has 5 heteroatoms. The van der Waals surface area contributed by atoms with Gasteiger partial charge in [0.05, 0.1) is 12.4 Å². The summed E-state index contributed by atoms with van der Waals surface area (Å²) in [6.45, 7) is 4.58. The lowest BCUT2D eigenvalue weighted by molar-refractivity contribution is 0.391. The van der Waals surface area contributed by atoms with Gasteiger partial charge in [-0.3, -0.25) is 4.98 Å². The monoisotopic (exact) mass is 235 g/mol. The quantitative estimate of drug-likeness (QED) is 0.549. The lowest BCUT2D eigenvalue weighted by Crippen LogP contribution is -2.25. The van der Waals surface area contributed by atoms with Crippen LogP contribution in [0.4, 0.5) is 11.6 Å². The molecule has 0 aromatic carbocycles. The summed E-state index contributed by atoms with van der Waals surface area (Å²) >= 11 is 0. The van der Waals surface area contributed by atoms with Crippen molar-refractivity contribution in [1.29, 1.82) is 0 Å². The van der Waals surface area contributed by atoms with Crippen LogP contribution in [0, 0.1) is 11.8 Å². The van der Waals surface area contributed by atoms with E-state index in [4.69, 9.17) is 5.84 Å². The molecule has 17 heavy (non-hydrogen) atoms. The SMILES string of the molecule is CCC1CCC(Nc2cncc(NN)n2)C1C. The van der Waals surface area contributed by atoms with Crippen LogP contribution in [-0.4, -0.2) is 16.0 Å². The molecule has 0 aliphatic heterocycles. The fourth-order valence-corrected chi connectivity index (χ4v) is 2.72. The van der Waals surface area contributed by atoms with Gasteiger partial charge in [-0.15, -0.1) is 0 Å². The van der Waals surface area contributed by atoms with E-state index in [9.17, 15) is 0 Å². The predicted octanol–water partition coefficient (Wildman–Crippen LogP) is 2.00. The lowest BCUT2D eigenvalue weighted by Gasteiger charge is -2.21. The summed E-state index contributed by atoms with van der Waals surface area (Å²) in [6.07, 6.45) is 7.12. The molecule has 0 spiro atoms. The third-order valence-electron chi connectivity index (χ3n) is 3.87. The van der Waals surface area contributed by atoms with Crippen molar-refractivity contribution in [3.63, 3.8) is 0 Å². The zero-order valence-corrected chi connectivity index (χ0v) is 10.5. The number of anilines is 2. The second-order valence-electron chi connectivity index (χ2n) is 4.79. The first kappa shape index (κ1) is 12.1. The average Bonchev–Trinajstić information content (AvgIpc) is 2.71. The number of nitrogens with two attached hydrogens (primary N) is 1. The maximum Gasteiger partial charge on any atom is 0.160 e. The fraction of sp³-hybridized carbons (Fsp3) is 0.667. The van der Waals surface area contributed by atoms with E-state index in [1.54, 1.807) is 12.4 Å². The van der Waals surface area contributed by atoms with Gasteiger partial charge in [-0.2, -0.15) is 0 Å². The Morgan fingerprint density at radius 2 is 2.12 bits per heavy atom. The third-order valence-corrected chi connectivity index (χ3v) is 3.87. The summed E-state index contributed by atoms with van der Waals surface area (Å²) in [5, 5.41) is 3.46. The summed E-state index contributed by atoms with van der Waals surface area (Å²) in [5.41, 5.74) is 2.51. The van der Waals surface area contributed by atoms with Gasteiger partial charge in [0.1, 0.15) is 5.82 Å². The molecule has 0 saturated heterocycles. The van der Waals surface area contributed by atoms with Crippen LogP contribution in [0.3, 0.4) is 0 Å². The van der Waals surface area contributed by atoms with E-state index in [1.165, 1.54) is 19.3 Å². The van der Waals surface area contributed by atoms with E-state index in [-0.39, 0.29) is 0 Å². The minimum Gasteiger partial charge on any atom is -0.366 e. The topological polar surface area (TPSA) is 75.9 Å². The van der Waals surface area contributed by atoms with E-state index in [0.29, 0.717) is 17.8 Å². The molecule has 1 fully saturated rings. The van der Waals surface area contributed by atoms with Gasteiger partial charge in [-0.25, -0.2) is 10.8 Å². The van der Waals surface area contributed by atoms with Crippen LogP contribution >= 0.6 is 0 Å². The first-order chi connectivity index (χ1) is 8.24. The highest BCUT2D eigenvalue weighted by Gasteiger charge is 2.31. The molecule has 4 N–H and O–H groups in total. The van der Waals surface area contributed by atoms with Crippen molar-refractivity contribution in [2.45, 2.75) is 39.2 Å². The maximum absolute atomic E-state index is 5.32. The van der Waals surface area contributed by atoms with Gasteiger partial charge in [0.15, 0.2) is 5.82 Å². The molecule has 1 aliphatic rings. The second kappa shape index (κ2) is 5.31. The Bertz CT molecular complexity index is 368. The number of hydrogen-bond acceptors (Lipinski definition) is 5. The molecule has 94 valence electrons. The van der Waals surface area contributed by atoms with Crippen molar-refractivity contribution >= 4 is 11.6 Å². The zero-order chi connectivity index (χ0) is 12.3. The Morgan fingerprint density at radius 3 is 2.76 bits per heavy atom. The lowest BCUT2D eigenvalue weighted by atomic mass is 9.93. The van der Waals surface area contributed by atoms with Crippen molar-refractivity contribution in [2.75, 3.05) is 10.7 Å². The first-order valence-electron chi connectivity index (χ1n) is 6.29. The van der Waals surface area contributed by atoms with Crippen LogP contribution in [-0.2, 0) is 0 Å². The highest BCUT2D eigenvalue weighted by molar-refractivity contribution is 5.41. The highest BCUT2D eigenvalue weighted by atomic mass is 15.3. The van der Waals surface area contributed by atoms with Crippen LogP contribution in [0.1, 0.15) is 33.1 Å². The molecule has 1 saturated carbocycles. The molecule has 1 aromatic rings. The van der Waals surface area contributed by atoms with Gasteiger partial charge in [-0.05, 0) is 24.7 Å². The summed E-state index contributed by atoms with van der Waals surface area (Å²) in [7, 11) is 0. The van der Waals surface area contributed by atoms with Crippen LogP contribution in [0.15, 0.2) is 12.4 Å². The summed E-state index contributed by atoms with van der Waals surface area (Å²) in [6, 6.07) is 0.502. The number of nitrogens with one attached hydrogen (secondary N) is 2. The van der Waals surface area contributed by atoms with E-state index >= 15 is 0 Å². The molecule has 0 radical (unpaired) electrons. The third kappa shape index (κ3) is 2.66. The molecule has 3 atom stereocenters. The Hall–Kier alpha value is -1.36. The summed E-state index contributed by atoms with van der Waals surface area (Å²) < 4.78 is 0. The standard InChI is InChI=1S/C12H21N5/c1-3-9-4-5-10(8(9)2)15-11-6-14-7-12(16-11)17-13/h6-10H,3-5,13H2,1-2H3,(H2,15,16,17). The Kier molecular flexibility index (Phi) is 3.78. The largest absolute Gasteiger partial charge is 0.366 e. The normalized spacial score (nSPS) is 28.1. The van der Waals surface area contributed by atoms with Gasteiger partial charge in [0.25, 0.3) is 0 Å². The zero-order valence-electron chi connectivity index (χ0n) is 10.5. The average molecular weight is 235 g/mol. The summed E-state index contributed by atoms with van der Waals surface area (Å²) in [5.74, 6) is 8.23. The smallest absolute Gasteiger partial charge is 0.160 e. The molecule has 1 aromatic heterocycles. The number of aromatic nitrogens is 2. The maximum atomic E-state index is 5.32. The molecular weight excluding hydrogens is 214 g/mol. The van der Waals surface area contributed by atoms with Crippen molar-refractivity contribution in [3.8, 4) is 0 Å². The fourth-order valence-electron chi connectivity index (χ4n) is 2.72. The Labute approximate surface area is 102 Å². The molecule has 1 aliphatic carbocycles. The molecule has 1 heterocycles.